The predicted octanol–water partition coefficient (Wildman–Crippen LogP) is 4.62. The molecule has 0 aliphatic heterocycles. The Kier molecular flexibility index (Phi) is 4.74. The first kappa shape index (κ1) is 13.8. The fraction of sp³-hybridized carbons (Fsp3) is 0.188. The monoisotopic (exact) mass is 318 g/mol. The Morgan fingerprint density at radius 3 is 2.53 bits per heavy atom. The number of hydrogen-bond donors (Lipinski definition) is 0. The Hall–Kier alpha value is -1.61. The van der Waals surface area contributed by atoms with Crippen LogP contribution >= 0.6 is 15.9 Å². The van der Waals surface area contributed by atoms with E-state index < -0.39 is 0 Å². The van der Waals surface area contributed by atoms with Crippen LogP contribution in [0.25, 0.3) is 0 Å². The molecule has 2 aromatic rings. The van der Waals surface area contributed by atoms with Crippen LogP contribution < -0.4 is 4.74 Å². The molecule has 2 nitrogen and oxygen atoms in total. The lowest BCUT2D eigenvalue weighted by Gasteiger charge is -2.11. The van der Waals surface area contributed by atoms with Crippen LogP contribution in [0, 0.1) is 0 Å². The highest BCUT2D eigenvalue weighted by Gasteiger charge is 2.10. The lowest BCUT2D eigenvalue weighted by molar-refractivity contribution is 0.0983. The number of Topliss-reactive ketones (excluding diaryl/α,β-unsaturated/α-hetero) is 1. The van der Waals surface area contributed by atoms with Crippen molar-refractivity contribution in [3.05, 3.63) is 64.1 Å². The maximum absolute atomic E-state index is 11.8. The zero-order valence-electron chi connectivity index (χ0n) is 10.7. The maximum Gasteiger partial charge on any atom is 0.166 e. The molecule has 0 saturated carbocycles. The van der Waals surface area contributed by atoms with E-state index in [0.717, 1.165) is 10.0 Å². The first-order valence-corrected chi connectivity index (χ1v) is 7.00. The number of ketones is 1. The second kappa shape index (κ2) is 6.53. The van der Waals surface area contributed by atoms with Crippen LogP contribution in [0.3, 0.4) is 0 Å². The smallest absolute Gasteiger partial charge is 0.166 e. The number of carbonyl (C=O) groups is 1. The van der Waals surface area contributed by atoms with Crippen LogP contribution in [0.4, 0.5) is 0 Å². The van der Waals surface area contributed by atoms with Gasteiger partial charge in [-0.1, -0.05) is 53.2 Å². The molecule has 19 heavy (non-hydrogen) atoms. The second-order valence-corrected chi connectivity index (χ2v) is 5.01. The van der Waals surface area contributed by atoms with Crippen LogP contribution in [-0.2, 0) is 6.61 Å². The molecule has 0 aromatic heterocycles. The van der Waals surface area contributed by atoms with Gasteiger partial charge in [0, 0.05) is 16.5 Å². The molecule has 98 valence electrons. The van der Waals surface area contributed by atoms with Gasteiger partial charge in [0.1, 0.15) is 12.4 Å². The Morgan fingerprint density at radius 2 is 1.79 bits per heavy atom. The third-order valence-electron chi connectivity index (χ3n) is 2.85. The van der Waals surface area contributed by atoms with E-state index in [2.05, 4.69) is 15.9 Å². The normalized spacial score (nSPS) is 10.2. The van der Waals surface area contributed by atoms with Crippen molar-refractivity contribution < 1.29 is 9.53 Å². The van der Waals surface area contributed by atoms with E-state index in [-0.39, 0.29) is 5.78 Å². The Bertz CT molecular complexity index is 578. The number of carbonyl (C=O) groups excluding carboxylic acids is 1. The summed E-state index contributed by atoms with van der Waals surface area (Å²) in [4.78, 5) is 11.8. The van der Waals surface area contributed by atoms with Gasteiger partial charge < -0.3 is 4.74 Å². The summed E-state index contributed by atoms with van der Waals surface area (Å²) in [6.07, 6.45) is 0.482. The number of benzene rings is 2. The van der Waals surface area contributed by atoms with E-state index in [9.17, 15) is 4.79 Å². The molecule has 0 aliphatic rings. The van der Waals surface area contributed by atoms with Gasteiger partial charge in [-0.15, -0.1) is 0 Å². The van der Waals surface area contributed by atoms with Gasteiger partial charge in [-0.05, 0) is 18.2 Å². The Balaban J connectivity index is 2.16. The number of ether oxygens (including phenoxy) is 1. The average Bonchev–Trinajstić information content (AvgIpc) is 2.46. The van der Waals surface area contributed by atoms with Crippen LogP contribution in [0.15, 0.2) is 53.0 Å². The Morgan fingerprint density at radius 1 is 1.11 bits per heavy atom. The zero-order valence-corrected chi connectivity index (χ0v) is 12.3. The summed E-state index contributed by atoms with van der Waals surface area (Å²) in [5.74, 6) is 0.743. The summed E-state index contributed by atoms with van der Waals surface area (Å²) in [6.45, 7) is 2.29. The maximum atomic E-state index is 11.8. The molecule has 0 saturated heterocycles. The lowest BCUT2D eigenvalue weighted by Crippen LogP contribution is -2.03. The molecule has 0 heterocycles. The molecule has 0 spiro atoms. The summed E-state index contributed by atoms with van der Waals surface area (Å²) in [5, 5.41) is 0. The minimum Gasteiger partial charge on any atom is -0.488 e. The molecule has 2 aromatic carbocycles. The second-order valence-electron chi connectivity index (χ2n) is 4.15. The number of rotatable bonds is 5. The number of para-hydroxylation sites is 1. The van der Waals surface area contributed by atoms with Crippen molar-refractivity contribution in [2.24, 2.45) is 0 Å². The van der Waals surface area contributed by atoms with Gasteiger partial charge in [-0.3, -0.25) is 4.79 Å². The first-order valence-electron chi connectivity index (χ1n) is 6.20. The molecule has 0 radical (unpaired) electrons. The standard InChI is InChI=1S/C16H15BrO2/c1-2-15(18)13-8-4-6-10-16(13)19-11-12-7-3-5-9-14(12)17/h3-10H,2,11H2,1H3. The van der Waals surface area contributed by atoms with Crippen molar-refractivity contribution >= 4 is 21.7 Å². The van der Waals surface area contributed by atoms with Gasteiger partial charge in [0.25, 0.3) is 0 Å². The van der Waals surface area contributed by atoms with Crippen LogP contribution in [0.5, 0.6) is 5.75 Å². The summed E-state index contributed by atoms with van der Waals surface area (Å²) >= 11 is 3.48. The highest BCUT2D eigenvalue weighted by Crippen LogP contribution is 2.23. The topological polar surface area (TPSA) is 26.3 Å². The SMILES string of the molecule is CCC(=O)c1ccccc1OCc1ccccc1Br. The average molecular weight is 319 g/mol. The summed E-state index contributed by atoms with van der Waals surface area (Å²) in [6, 6.07) is 15.3. The van der Waals surface area contributed by atoms with Gasteiger partial charge in [-0.25, -0.2) is 0 Å². The molecular formula is C16H15BrO2. The van der Waals surface area contributed by atoms with Crippen molar-refractivity contribution in [1.82, 2.24) is 0 Å². The summed E-state index contributed by atoms with van der Waals surface area (Å²) in [5.41, 5.74) is 1.71. The number of hydrogen-bond acceptors (Lipinski definition) is 2. The highest BCUT2D eigenvalue weighted by molar-refractivity contribution is 9.10. The van der Waals surface area contributed by atoms with E-state index >= 15 is 0 Å². The molecule has 0 N–H and O–H groups in total. The molecule has 0 amide bonds. The zero-order chi connectivity index (χ0) is 13.7. The van der Waals surface area contributed by atoms with Gasteiger partial charge in [0.2, 0.25) is 0 Å². The molecule has 0 unspecified atom stereocenters. The van der Waals surface area contributed by atoms with Gasteiger partial charge in [0.15, 0.2) is 5.78 Å². The third kappa shape index (κ3) is 3.44. The van der Waals surface area contributed by atoms with Crippen molar-refractivity contribution in [2.45, 2.75) is 20.0 Å². The molecule has 0 aliphatic carbocycles. The Labute approximate surface area is 121 Å². The van der Waals surface area contributed by atoms with Crippen LogP contribution in [0.2, 0.25) is 0 Å². The van der Waals surface area contributed by atoms with Gasteiger partial charge in [-0.2, -0.15) is 0 Å². The van der Waals surface area contributed by atoms with Gasteiger partial charge in [0.05, 0.1) is 5.56 Å². The van der Waals surface area contributed by atoms with Crippen LogP contribution in [0.1, 0.15) is 29.3 Å². The fourth-order valence-electron chi connectivity index (χ4n) is 1.78. The molecule has 0 fully saturated rings. The van der Waals surface area contributed by atoms with E-state index in [1.807, 2.05) is 49.4 Å². The summed E-state index contributed by atoms with van der Waals surface area (Å²) in [7, 11) is 0. The van der Waals surface area contributed by atoms with Crippen molar-refractivity contribution in [3.63, 3.8) is 0 Å². The minimum absolute atomic E-state index is 0.0997. The lowest BCUT2D eigenvalue weighted by atomic mass is 10.1. The molecule has 0 bridgehead atoms. The van der Waals surface area contributed by atoms with E-state index in [1.54, 1.807) is 6.07 Å². The first-order chi connectivity index (χ1) is 9.22. The third-order valence-corrected chi connectivity index (χ3v) is 3.62. The predicted molar refractivity (Wildman–Crippen MR) is 79.5 cm³/mol. The van der Waals surface area contributed by atoms with E-state index in [0.29, 0.717) is 24.3 Å². The van der Waals surface area contributed by atoms with E-state index in [4.69, 9.17) is 4.74 Å². The minimum atomic E-state index is 0.0997. The highest BCUT2D eigenvalue weighted by atomic mass is 79.9. The largest absolute Gasteiger partial charge is 0.488 e. The number of halogens is 1. The fourth-order valence-corrected chi connectivity index (χ4v) is 2.18. The van der Waals surface area contributed by atoms with Crippen molar-refractivity contribution in [1.29, 1.82) is 0 Å². The van der Waals surface area contributed by atoms with Crippen molar-refractivity contribution in [3.8, 4) is 5.75 Å². The quantitative estimate of drug-likeness (QED) is 0.752. The van der Waals surface area contributed by atoms with Crippen molar-refractivity contribution in [2.75, 3.05) is 0 Å². The molecule has 2 rings (SSSR count). The van der Waals surface area contributed by atoms with E-state index in [1.165, 1.54) is 0 Å². The van der Waals surface area contributed by atoms with Crippen LogP contribution in [-0.4, -0.2) is 5.78 Å². The molecule has 3 heteroatoms. The molecular weight excluding hydrogens is 304 g/mol. The summed E-state index contributed by atoms with van der Waals surface area (Å²) < 4.78 is 6.78. The molecule has 0 atom stereocenters. The van der Waals surface area contributed by atoms with Gasteiger partial charge >= 0.3 is 0 Å².